The van der Waals surface area contributed by atoms with Crippen molar-refractivity contribution in [2.75, 3.05) is 31.7 Å². The highest BCUT2D eigenvalue weighted by molar-refractivity contribution is 7.99. The fraction of sp³-hybridized carbons (Fsp3) is 0.929. The minimum atomic E-state index is -0.128. The fourth-order valence-electron chi connectivity index (χ4n) is 3.13. The molecular weight excluding hydrogens is 260 g/mol. The lowest BCUT2D eigenvalue weighted by molar-refractivity contribution is -0.123. The number of thioether (sulfide) groups is 1. The zero-order valence-electron chi connectivity index (χ0n) is 12.0. The largest absolute Gasteiger partial charge is 0.396 e. The normalized spacial score (nSPS) is 34.9. The summed E-state index contributed by atoms with van der Waals surface area (Å²) in [7, 11) is 2.04. The third-order valence-corrected chi connectivity index (χ3v) is 5.85. The Hall–Kier alpha value is -0.260. The summed E-state index contributed by atoms with van der Waals surface area (Å²) in [4.78, 5) is 14.3. The molecule has 3 atom stereocenters. The zero-order valence-corrected chi connectivity index (χ0v) is 12.8. The van der Waals surface area contributed by atoms with E-state index in [0.717, 1.165) is 25.0 Å². The Bertz CT molecular complexity index is 321. The second-order valence-corrected chi connectivity index (χ2v) is 7.41. The van der Waals surface area contributed by atoms with E-state index in [1.807, 2.05) is 18.8 Å². The highest BCUT2D eigenvalue weighted by Gasteiger charge is 2.39. The summed E-state index contributed by atoms with van der Waals surface area (Å²) in [5.74, 6) is 2.45. The predicted octanol–water partition coefficient (Wildman–Crippen LogP) is 1.09. The average Bonchev–Trinajstić information content (AvgIpc) is 3.00. The number of carbonyl (C=O) groups is 1. The van der Waals surface area contributed by atoms with Crippen LogP contribution in [0.2, 0.25) is 0 Å². The first-order valence-electron chi connectivity index (χ1n) is 7.23. The minimum absolute atomic E-state index is 0.103. The summed E-state index contributed by atoms with van der Waals surface area (Å²) in [5.41, 5.74) is -0.128. The molecule has 1 heterocycles. The van der Waals surface area contributed by atoms with Crippen molar-refractivity contribution in [1.29, 1.82) is 0 Å². The molecule has 0 aromatic rings. The second kappa shape index (κ2) is 6.46. The van der Waals surface area contributed by atoms with Crippen LogP contribution in [0, 0.1) is 5.41 Å². The molecule has 4 nitrogen and oxygen atoms in total. The first-order valence-corrected chi connectivity index (χ1v) is 8.39. The number of aliphatic hydroxyl groups excluding tert-OH is 1. The number of amides is 1. The monoisotopic (exact) mass is 286 g/mol. The van der Waals surface area contributed by atoms with E-state index in [-0.39, 0.29) is 24.0 Å². The molecule has 0 radical (unpaired) electrons. The molecule has 5 heteroatoms. The van der Waals surface area contributed by atoms with E-state index in [4.69, 9.17) is 0 Å². The molecule has 2 fully saturated rings. The molecule has 1 aliphatic heterocycles. The van der Waals surface area contributed by atoms with Crippen LogP contribution in [0.4, 0.5) is 0 Å². The number of aliphatic hydroxyl groups is 1. The van der Waals surface area contributed by atoms with E-state index in [1.165, 1.54) is 12.2 Å². The molecule has 2 rings (SSSR count). The van der Waals surface area contributed by atoms with E-state index in [2.05, 4.69) is 17.1 Å². The van der Waals surface area contributed by atoms with E-state index in [1.54, 1.807) is 0 Å². The molecular formula is C14H26N2O2S. The molecule has 1 aliphatic carbocycles. The quantitative estimate of drug-likeness (QED) is 0.794. The number of rotatable bonds is 5. The Balaban J connectivity index is 1.80. The summed E-state index contributed by atoms with van der Waals surface area (Å²) < 4.78 is 0. The van der Waals surface area contributed by atoms with Gasteiger partial charge in [-0.2, -0.15) is 11.8 Å². The highest BCUT2D eigenvalue weighted by Crippen LogP contribution is 2.37. The van der Waals surface area contributed by atoms with Crippen molar-refractivity contribution >= 4 is 17.7 Å². The lowest BCUT2D eigenvalue weighted by Gasteiger charge is -2.31. The Morgan fingerprint density at radius 3 is 2.95 bits per heavy atom. The van der Waals surface area contributed by atoms with Crippen LogP contribution >= 0.6 is 11.8 Å². The Morgan fingerprint density at radius 1 is 1.53 bits per heavy atom. The van der Waals surface area contributed by atoms with Crippen molar-refractivity contribution in [3.63, 3.8) is 0 Å². The third kappa shape index (κ3) is 3.64. The maximum Gasteiger partial charge on any atom is 0.234 e. The summed E-state index contributed by atoms with van der Waals surface area (Å²) in [6, 6.07) is 0.680. The van der Waals surface area contributed by atoms with Gasteiger partial charge in [-0.25, -0.2) is 0 Å². The summed E-state index contributed by atoms with van der Waals surface area (Å²) in [5, 5.41) is 12.6. The second-order valence-electron chi connectivity index (χ2n) is 6.26. The van der Waals surface area contributed by atoms with Crippen LogP contribution in [0.15, 0.2) is 0 Å². The lowest BCUT2D eigenvalue weighted by Crippen LogP contribution is -2.49. The highest BCUT2D eigenvalue weighted by atomic mass is 32.2. The summed E-state index contributed by atoms with van der Waals surface area (Å²) in [6.45, 7) is 2.71. The number of nitrogens with one attached hydrogen (secondary N) is 1. The summed E-state index contributed by atoms with van der Waals surface area (Å²) in [6.07, 6.45) is 4.28. The molecule has 0 aromatic carbocycles. The van der Waals surface area contributed by atoms with Gasteiger partial charge in [0.2, 0.25) is 5.91 Å². The van der Waals surface area contributed by atoms with Gasteiger partial charge in [0.15, 0.2) is 0 Å². The van der Waals surface area contributed by atoms with Crippen LogP contribution in [-0.4, -0.2) is 59.7 Å². The molecule has 3 unspecified atom stereocenters. The number of hydrogen-bond acceptors (Lipinski definition) is 4. The van der Waals surface area contributed by atoms with E-state index in [9.17, 15) is 9.90 Å². The SMILES string of the molecule is CN(CC(=O)NC1CCCC1(C)CO)C1CCSC1. The van der Waals surface area contributed by atoms with Gasteiger partial charge in [0.05, 0.1) is 13.2 Å². The molecule has 0 bridgehead atoms. The first-order chi connectivity index (χ1) is 9.05. The van der Waals surface area contributed by atoms with Gasteiger partial charge in [-0.3, -0.25) is 9.69 Å². The molecule has 19 heavy (non-hydrogen) atoms. The Labute approximate surface area is 120 Å². The molecule has 0 aromatic heterocycles. The van der Waals surface area contributed by atoms with Gasteiger partial charge in [0.25, 0.3) is 0 Å². The van der Waals surface area contributed by atoms with Crippen molar-refractivity contribution < 1.29 is 9.90 Å². The van der Waals surface area contributed by atoms with Gasteiger partial charge in [0.1, 0.15) is 0 Å². The molecule has 1 amide bonds. The number of likely N-dealkylation sites (N-methyl/N-ethyl adjacent to an activating group) is 1. The maximum absolute atomic E-state index is 12.1. The molecule has 1 saturated carbocycles. The van der Waals surface area contributed by atoms with E-state index < -0.39 is 0 Å². The van der Waals surface area contributed by atoms with Crippen molar-refractivity contribution in [3.05, 3.63) is 0 Å². The molecule has 2 N–H and O–H groups in total. The number of nitrogens with zero attached hydrogens (tertiary/aromatic N) is 1. The van der Waals surface area contributed by atoms with Crippen molar-refractivity contribution in [3.8, 4) is 0 Å². The Morgan fingerprint density at radius 2 is 2.32 bits per heavy atom. The fourth-order valence-corrected chi connectivity index (χ4v) is 4.43. The Kier molecular flexibility index (Phi) is 5.15. The van der Waals surface area contributed by atoms with E-state index in [0.29, 0.717) is 12.6 Å². The summed E-state index contributed by atoms with van der Waals surface area (Å²) >= 11 is 1.97. The van der Waals surface area contributed by atoms with Gasteiger partial charge in [-0.05, 0) is 32.1 Å². The zero-order chi connectivity index (χ0) is 13.9. The molecule has 2 aliphatic rings. The van der Waals surface area contributed by atoms with Gasteiger partial charge >= 0.3 is 0 Å². The maximum atomic E-state index is 12.1. The van der Waals surface area contributed by atoms with Crippen LogP contribution in [0.3, 0.4) is 0 Å². The molecule has 110 valence electrons. The van der Waals surface area contributed by atoms with Crippen LogP contribution in [0.25, 0.3) is 0 Å². The number of carbonyl (C=O) groups excluding carboxylic acids is 1. The minimum Gasteiger partial charge on any atom is -0.396 e. The van der Waals surface area contributed by atoms with Crippen LogP contribution < -0.4 is 5.32 Å². The van der Waals surface area contributed by atoms with Gasteiger partial charge < -0.3 is 10.4 Å². The van der Waals surface area contributed by atoms with Gasteiger partial charge in [-0.1, -0.05) is 13.3 Å². The topological polar surface area (TPSA) is 52.6 Å². The standard InChI is InChI=1S/C14H26N2O2S/c1-14(10-17)6-3-4-12(14)15-13(18)8-16(2)11-5-7-19-9-11/h11-12,17H,3-10H2,1-2H3,(H,15,18). The first kappa shape index (κ1) is 15.1. The smallest absolute Gasteiger partial charge is 0.234 e. The average molecular weight is 286 g/mol. The van der Waals surface area contributed by atoms with E-state index >= 15 is 0 Å². The van der Waals surface area contributed by atoms with Gasteiger partial charge in [-0.15, -0.1) is 0 Å². The lowest BCUT2D eigenvalue weighted by atomic mass is 9.86. The van der Waals surface area contributed by atoms with Gasteiger partial charge in [0, 0.05) is 23.3 Å². The van der Waals surface area contributed by atoms with Crippen molar-refractivity contribution in [2.24, 2.45) is 5.41 Å². The van der Waals surface area contributed by atoms with Crippen LogP contribution in [-0.2, 0) is 4.79 Å². The molecule has 1 saturated heterocycles. The predicted molar refractivity (Wildman–Crippen MR) is 79.3 cm³/mol. The van der Waals surface area contributed by atoms with Crippen molar-refractivity contribution in [2.45, 2.75) is 44.7 Å². The third-order valence-electron chi connectivity index (χ3n) is 4.70. The van der Waals surface area contributed by atoms with Crippen molar-refractivity contribution in [1.82, 2.24) is 10.2 Å². The number of hydrogen-bond donors (Lipinski definition) is 2. The molecule has 0 spiro atoms. The van der Waals surface area contributed by atoms with Crippen LogP contribution in [0.1, 0.15) is 32.6 Å². The van der Waals surface area contributed by atoms with Crippen LogP contribution in [0.5, 0.6) is 0 Å².